The van der Waals surface area contributed by atoms with Crippen LogP contribution in [-0.2, 0) is 5.75 Å². The van der Waals surface area contributed by atoms with Gasteiger partial charge in [-0.25, -0.2) is 0 Å². The molecule has 0 fully saturated rings. The molecule has 0 spiro atoms. The van der Waals surface area contributed by atoms with Crippen LogP contribution < -0.4 is 5.32 Å². The summed E-state index contributed by atoms with van der Waals surface area (Å²) in [7, 11) is 1.97. The molecule has 18 heavy (non-hydrogen) atoms. The molecule has 1 N–H and O–H groups in total. The van der Waals surface area contributed by atoms with E-state index in [1.54, 1.807) is 11.8 Å². The van der Waals surface area contributed by atoms with E-state index in [1.807, 2.05) is 20.0 Å². The molecule has 0 aliphatic heterocycles. The largest absolute Gasteiger partial charge is 0.360 e. The van der Waals surface area contributed by atoms with Gasteiger partial charge in [0.25, 0.3) is 0 Å². The summed E-state index contributed by atoms with van der Waals surface area (Å²) in [6.45, 7) is 4.09. The van der Waals surface area contributed by atoms with Crippen LogP contribution in [0.2, 0.25) is 0 Å². The number of thioether (sulfide) groups is 1. The Hall–Kier alpha value is -1.26. The minimum absolute atomic E-state index is 0.390. The lowest BCUT2D eigenvalue weighted by Gasteiger charge is -2.10. The lowest BCUT2D eigenvalue weighted by atomic mass is 10.1. The molecule has 1 aromatic carbocycles. The van der Waals surface area contributed by atoms with Gasteiger partial charge >= 0.3 is 0 Å². The SMILES string of the molecule is CNC(C)c1ccc(SCc2cc(C)no2)cc1. The quantitative estimate of drug-likeness (QED) is 0.836. The molecule has 0 aliphatic rings. The number of benzene rings is 1. The van der Waals surface area contributed by atoms with Gasteiger partial charge < -0.3 is 9.84 Å². The van der Waals surface area contributed by atoms with E-state index in [9.17, 15) is 0 Å². The van der Waals surface area contributed by atoms with Crippen LogP contribution in [0, 0.1) is 6.92 Å². The second kappa shape index (κ2) is 6.07. The highest BCUT2D eigenvalue weighted by Crippen LogP contribution is 2.24. The second-order valence-electron chi connectivity index (χ2n) is 4.30. The lowest BCUT2D eigenvalue weighted by Crippen LogP contribution is -2.11. The van der Waals surface area contributed by atoms with Crippen molar-refractivity contribution in [1.29, 1.82) is 0 Å². The molecule has 0 bridgehead atoms. The number of aromatic nitrogens is 1. The summed E-state index contributed by atoms with van der Waals surface area (Å²) in [6.07, 6.45) is 0. The van der Waals surface area contributed by atoms with E-state index in [-0.39, 0.29) is 0 Å². The highest BCUT2D eigenvalue weighted by molar-refractivity contribution is 7.98. The topological polar surface area (TPSA) is 38.1 Å². The molecule has 0 saturated carbocycles. The first kappa shape index (κ1) is 13.2. The van der Waals surface area contributed by atoms with Gasteiger partial charge in [0.1, 0.15) is 5.76 Å². The predicted molar refractivity (Wildman–Crippen MR) is 74.7 cm³/mol. The molecular formula is C14H18N2OS. The fourth-order valence-corrected chi connectivity index (χ4v) is 2.43. The monoisotopic (exact) mass is 262 g/mol. The minimum atomic E-state index is 0.390. The van der Waals surface area contributed by atoms with Gasteiger partial charge in [-0.05, 0) is 38.6 Å². The zero-order valence-corrected chi connectivity index (χ0v) is 11.8. The Kier molecular flexibility index (Phi) is 4.44. The maximum absolute atomic E-state index is 5.18. The first-order valence-electron chi connectivity index (χ1n) is 6.01. The lowest BCUT2D eigenvalue weighted by molar-refractivity contribution is 0.391. The smallest absolute Gasteiger partial charge is 0.147 e. The van der Waals surface area contributed by atoms with Crippen molar-refractivity contribution in [2.75, 3.05) is 7.05 Å². The van der Waals surface area contributed by atoms with Crippen molar-refractivity contribution < 1.29 is 4.52 Å². The summed E-state index contributed by atoms with van der Waals surface area (Å²) in [5, 5.41) is 7.11. The van der Waals surface area contributed by atoms with Gasteiger partial charge in [-0.2, -0.15) is 0 Å². The van der Waals surface area contributed by atoms with Crippen LogP contribution >= 0.6 is 11.8 Å². The number of rotatable bonds is 5. The average molecular weight is 262 g/mol. The highest BCUT2D eigenvalue weighted by atomic mass is 32.2. The molecule has 2 rings (SSSR count). The van der Waals surface area contributed by atoms with Gasteiger partial charge in [0.2, 0.25) is 0 Å². The Morgan fingerprint density at radius 1 is 1.33 bits per heavy atom. The molecule has 0 saturated heterocycles. The number of hydrogen-bond donors (Lipinski definition) is 1. The van der Waals surface area contributed by atoms with E-state index in [2.05, 4.69) is 41.7 Å². The van der Waals surface area contributed by atoms with Crippen molar-refractivity contribution in [3.63, 3.8) is 0 Å². The van der Waals surface area contributed by atoms with Crippen LogP contribution in [0.15, 0.2) is 39.8 Å². The Morgan fingerprint density at radius 3 is 2.61 bits per heavy atom. The number of nitrogens with one attached hydrogen (secondary N) is 1. The van der Waals surface area contributed by atoms with E-state index >= 15 is 0 Å². The number of nitrogens with zero attached hydrogens (tertiary/aromatic N) is 1. The fraction of sp³-hybridized carbons (Fsp3) is 0.357. The highest BCUT2D eigenvalue weighted by Gasteiger charge is 2.04. The summed E-state index contributed by atoms with van der Waals surface area (Å²) < 4.78 is 5.18. The number of aryl methyl sites for hydroxylation is 1. The molecule has 1 unspecified atom stereocenters. The standard InChI is InChI=1S/C14H18N2OS/c1-10-8-13(17-16-10)9-18-14-6-4-12(5-7-14)11(2)15-3/h4-8,11,15H,9H2,1-3H3. The molecule has 2 aromatic rings. The van der Waals surface area contributed by atoms with Crippen molar-refractivity contribution in [2.45, 2.75) is 30.5 Å². The molecule has 0 aliphatic carbocycles. The maximum atomic E-state index is 5.18. The second-order valence-corrected chi connectivity index (χ2v) is 5.35. The van der Waals surface area contributed by atoms with Crippen molar-refractivity contribution >= 4 is 11.8 Å². The third-order valence-electron chi connectivity index (χ3n) is 2.87. The molecule has 1 heterocycles. The van der Waals surface area contributed by atoms with E-state index in [1.165, 1.54) is 10.5 Å². The van der Waals surface area contributed by atoms with Gasteiger partial charge in [-0.1, -0.05) is 17.3 Å². The van der Waals surface area contributed by atoms with Gasteiger partial charge in [0.15, 0.2) is 0 Å². The summed E-state index contributed by atoms with van der Waals surface area (Å²) >= 11 is 1.76. The van der Waals surface area contributed by atoms with Gasteiger partial charge in [0, 0.05) is 17.0 Å². The third kappa shape index (κ3) is 3.37. The van der Waals surface area contributed by atoms with Crippen LogP contribution in [0.5, 0.6) is 0 Å². The van der Waals surface area contributed by atoms with Crippen molar-refractivity contribution in [3.8, 4) is 0 Å². The predicted octanol–water partition coefficient (Wildman–Crippen LogP) is 3.56. The molecule has 4 heteroatoms. The summed E-state index contributed by atoms with van der Waals surface area (Å²) in [4.78, 5) is 1.25. The van der Waals surface area contributed by atoms with Gasteiger partial charge in [0.05, 0.1) is 11.4 Å². The maximum Gasteiger partial charge on any atom is 0.147 e. The summed E-state index contributed by atoms with van der Waals surface area (Å²) in [5.41, 5.74) is 2.24. The molecule has 1 aromatic heterocycles. The molecule has 0 radical (unpaired) electrons. The zero-order chi connectivity index (χ0) is 13.0. The van der Waals surface area contributed by atoms with Crippen LogP contribution in [0.1, 0.15) is 30.0 Å². The first-order chi connectivity index (χ1) is 8.69. The minimum Gasteiger partial charge on any atom is -0.360 e. The van der Waals surface area contributed by atoms with Crippen LogP contribution in [0.3, 0.4) is 0 Å². The Bertz CT molecular complexity index is 493. The van der Waals surface area contributed by atoms with Crippen LogP contribution in [-0.4, -0.2) is 12.2 Å². The molecule has 0 amide bonds. The Labute approximate surface area is 112 Å². The normalized spacial score (nSPS) is 12.6. The third-order valence-corrected chi connectivity index (χ3v) is 3.91. The molecular weight excluding hydrogens is 244 g/mol. The zero-order valence-electron chi connectivity index (χ0n) is 10.9. The number of hydrogen-bond acceptors (Lipinski definition) is 4. The van der Waals surface area contributed by atoms with E-state index in [0.29, 0.717) is 6.04 Å². The van der Waals surface area contributed by atoms with Crippen molar-refractivity contribution in [2.24, 2.45) is 0 Å². The molecule has 96 valence electrons. The summed E-state index contributed by atoms with van der Waals surface area (Å²) in [5.74, 6) is 1.74. The van der Waals surface area contributed by atoms with Crippen LogP contribution in [0.4, 0.5) is 0 Å². The van der Waals surface area contributed by atoms with Crippen LogP contribution in [0.25, 0.3) is 0 Å². The Morgan fingerprint density at radius 2 is 2.06 bits per heavy atom. The first-order valence-corrected chi connectivity index (χ1v) is 7.00. The van der Waals surface area contributed by atoms with E-state index in [4.69, 9.17) is 4.52 Å². The summed E-state index contributed by atoms with van der Waals surface area (Å²) in [6, 6.07) is 11.0. The molecule has 3 nitrogen and oxygen atoms in total. The van der Waals surface area contributed by atoms with E-state index in [0.717, 1.165) is 17.2 Å². The van der Waals surface area contributed by atoms with Gasteiger partial charge in [-0.15, -0.1) is 11.8 Å². The Balaban J connectivity index is 1.94. The van der Waals surface area contributed by atoms with Crippen molar-refractivity contribution in [3.05, 3.63) is 47.3 Å². The van der Waals surface area contributed by atoms with Gasteiger partial charge in [-0.3, -0.25) is 0 Å². The van der Waals surface area contributed by atoms with E-state index < -0.39 is 0 Å². The fourth-order valence-electron chi connectivity index (χ4n) is 1.66. The molecule has 1 atom stereocenters. The van der Waals surface area contributed by atoms with Crippen molar-refractivity contribution in [1.82, 2.24) is 10.5 Å². The average Bonchev–Trinajstić information content (AvgIpc) is 2.82.